The Morgan fingerprint density at radius 3 is 2.83 bits per heavy atom. The van der Waals surface area contributed by atoms with Gasteiger partial charge in [0.25, 0.3) is 0 Å². The molecule has 0 amide bonds. The van der Waals surface area contributed by atoms with E-state index < -0.39 is 0 Å². The van der Waals surface area contributed by atoms with E-state index in [1.807, 2.05) is 0 Å². The van der Waals surface area contributed by atoms with Crippen molar-refractivity contribution < 1.29 is 4.39 Å². The van der Waals surface area contributed by atoms with Gasteiger partial charge >= 0.3 is 0 Å². The summed E-state index contributed by atoms with van der Waals surface area (Å²) in [4.78, 5) is 8.45. The van der Waals surface area contributed by atoms with Crippen LogP contribution in [0.4, 0.5) is 10.2 Å². The lowest BCUT2D eigenvalue weighted by atomic mass is 10.1. The standard InChI is InChI=1S/C13H13ClFN3/c1-2-3-17-13-8-16-7-12(18-13)9-4-10(14)6-11(15)5-9/h4-8H,2-3H2,1H3,(H,17,18). The van der Waals surface area contributed by atoms with E-state index in [9.17, 15) is 4.39 Å². The van der Waals surface area contributed by atoms with Crippen molar-refractivity contribution in [2.75, 3.05) is 11.9 Å². The molecule has 1 N–H and O–H groups in total. The van der Waals surface area contributed by atoms with E-state index in [2.05, 4.69) is 22.2 Å². The van der Waals surface area contributed by atoms with Crippen LogP contribution in [0.2, 0.25) is 5.02 Å². The summed E-state index contributed by atoms with van der Waals surface area (Å²) in [5.41, 5.74) is 1.21. The van der Waals surface area contributed by atoms with Gasteiger partial charge in [0.2, 0.25) is 0 Å². The largest absolute Gasteiger partial charge is 0.369 e. The number of rotatable bonds is 4. The molecule has 0 saturated carbocycles. The predicted molar refractivity (Wildman–Crippen MR) is 71.2 cm³/mol. The van der Waals surface area contributed by atoms with Gasteiger partial charge in [-0.2, -0.15) is 0 Å². The number of hydrogen-bond donors (Lipinski definition) is 1. The zero-order chi connectivity index (χ0) is 13.0. The molecule has 1 aromatic carbocycles. The molecule has 0 fully saturated rings. The lowest BCUT2D eigenvalue weighted by Crippen LogP contribution is -2.02. The summed E-state index contributed by atoms with van der Waals surface area (Å²) in [6, 6.07) is 4.31. The van der Waals surface area contributed by atoms with Crippen LogP contribution in [0.3, 0.4) is 0 Å². The molecule has 0 radical (unpaired) electrons. The molecule has 18 heavy (non-hydrogen) atoms. The molecule has 0 spiro atoms. The molecule has 94 valence electrons. The number of anilines is 1. The summed E-state index contributed by atoms with van der Waals surface area (Å²) in [5.74, 6) is 0.293. The zero-order valence-corrected chi connectivity index (χ0v) is 10.7. The average Bonchev–Trinajstić information content (AvgIpc) is 2.35. The summed E-state index contributed by atoms with van der Waals surface area (Å²) < 4.78 is 13.3. The topological polar surface area (TPSA) is 37.8 Å². The molecule has 1 heterocycles. The van der Waals surface area contributed by atoms with E-state index in [0.717, 1.165) is 13.0 Å². The van der Waals surface area contributed by atoms with Crippen LogP contribution >= 0.6 is 11.6 Å². The lowest BCUT2D eigenvalue weighted by Gasteiger charge is -2.06. The first-order chi connectivity index (χ1) is 8.69. The van der Waals surface area contributed by atoms with E-state index >= 15 is 0 Å². The van der Waals surface area contributed by atoms with Crippen LogP contribution in [0.15, 0.2) is 30.6 Å². The Hall–Kier alpha value is -1.68. The smallest absolute Gasteiger partial charge is 0.145 e. The van der Waals surface area contributed by atoms with E-state index in [0.29, 0.717) is 22.1 Å². The first-order valence-electron chi connectivity index (χ1n) is 5.71. The molecule has 2 rings (SSSR count). The Balaban J connectivity index is 2.32. The first kappa shape index (κ1) is 12.8. The Bertz CT molecular complexity index is 525. The van der Waals surface area contributed by atoms with E-state index in [1.165, 1.54) is 12.1 Å². The third kappa shape index (κ3) is 3.17. The minimum Gasteiger partial charge on any atom is -0.369 e. The normalized spacial score (nSPS) is 10.4. The van der Waals surface area contributed by atoms with Crippen LogP contribution in [0.1, 0.15) is 13.3 Å². The maximum Gasteiger partial charge on any atom is 0.145 e. The highest BCUT2D eigenvalue weighted by Crippen LogP contribution is 2.23. The number of halogens is 2. The van der Waals surface area contributed by atoms with Crippen molar-refractivity contribution in [3.05, 3.63) is 41.4 Å². The summed E-state index contributed by atoms with van der Waals surface area (Å²) in [7, 11) is 0. The Morgan fingerprint density at radius 1 is 1.28 bits per heavy atom. The van der Waals surface area contributed by atoms with Gasteiger partial charge in [-0.15, -0.1) is 0 Å². The molecular formula is C13H13ClFN3. The van der Waals surface area contributed by atoms with E-state index in [-0.39, 0.29) is 5.82 Å². The molecule has 0 aliphatic heterocycles. The average molecular weight is 266 g/mol. The van der Waals surface area contributed by atoms with E-state index in [4.69, 9.17) is 11.6 Å². The molecule has 1 aromatic heterocycles. The summed E-state index contributed by atoms with van der Waals surface area (Å²) in [5, 5.41) is 3.48. The highest BCUT2D eigenvalue weighted by atomic mass is 35.5. The number of nitrogens with one attached hydrogen (secondary N) is 1. The molecule has 0 saturated heterocycles. The van der Waals surface area contributed by atoms with Crippen molar-refractivity contribution in [3.8, 4) is 11.3 Å². The van der Waals surface area contributed by atoms with Gasteiger partial charge in [-0.05, 0) is 24.6 Å². The monoisotopic (exact) mass is 265 g/mol. The van der Waals surface area contributed by atoms with Crippen LogP contribution in [-0.2, 0) is 0 Å². The van der Waals surface area contributed by atoms with Gasteiger partial charge in [0, 0.05) is 17.1 Å². The van der Waals surface area contributed by atoms with E-state index in [1.54, 1.807) is 18.5 Å². The van der Waals surface area contributed by atoms with Gasteiger partial charge in [0.15, 0.2) is 0 Å². The van der Waals surface area contributed by atoms with Crippen LogP contribution in [0.25, 0.3) is 11.3 Å². The van der Waals surface area contributed by atoms with Gasteiger partial charge in [-0.1, -0.05) is 18.5 Å². The van der Waals surface area contributed by atoms with Crippen molar-refractivity contribution in [3.63, 3.8) is 0 Å². The van der Waals surface area contributed by atoms with Gasteiger partial charge < -0.3 is 5.32 Å². The maximum absolute atomic E-state index is 13.3. The van der Waals surface area contributed by atoms with Crippen molar-refractivity contribution in [1.29, 1.82) is 0 Å². The van der Waals surface area contributed by atoms with Crippen LogP contribution in [0.5, 0.6) is 0 Å². The molecule has 3 nitrogen and oxygen atoms in total. The summed E-state index contributed by atoms with van der Waals surface area (Å²) in [6.07, 6.45) is 4.22. The second-order valence-electron chi connectivity index (χ2n) is 3.87. The third-order valence-corrected chi connectivity index (χ3v) is 2.57. The van der Waals surface area contributed by atoms with Crippen LogP contribution in [-0.4, -0.2) is 16.5 Å². The molecule has 0 aliphatic carbocycles. The fraction of sp³-hybridized carbons (Fsp3) is 0.231. The van der Waals surface area contributed by atoms with Crippen LogP contribution < -0.4 is 5.32 Å². The molecule has 2 aromatic rings. The fourth-order valence-corrected chi connectivity index (χ4v) is 1.77. The van der Waals surface area contributed by atoms with Gasteiger partial charge in [0.1, 0.15) is 11.6 Å². The summed E-state index contributed by atoms with van der Waals surface area (Å²) in [6.45, 7) is 2.89. The van der Waals surface area contributed by atoms with Crippen molar-refractivity contribution in [2.24, 2.45) is 0 Å². The van der Waals surface area contributed by atoms with Crippen molar-refractivity contribution in [1.82, 2.24) is 9.97 Å². The number of hydrogen-bond acceptors (Lipinski definition) is 3. The number of aromatic nitrogens is 2. The van der Waals surface area contributed by atoms with Crippen molar-refractivity contribution in [2.45, 2.75) is 13.3 Å². The zero-order valence-electron chi connectivity index (χ0n) is 9.95. The quantitative estimate of drug-likeness (QED) is 0.915. The molecule has 5 heteroatoms. The Labute approximate surface area is 110 Å². The maximum atomic E-state index is 13.3. The highest BCUT2D eigenvalue weighted by molar-refractivity contribution is 6.30. The lowest BCUT2D eigenvalue weighted by molar-refractivity contribution is 0.628. The Kier molecular flexibility index (Phi) is 4.10. The molecular weight excluding hydrogens is 253 g/mol. The molecule has 0 aliphatic rings. The fourth-order valence-electron chi connectivity index (χ4n) is 1.55. The SMILES string of the molecule is CCCNc1cncc(-c2cc(F)cc(Cl)c2)n1. The predicted octanol–water partition coefficient (Wildman–Crippen LogP) is 3.76. The third-order valence-electron chi connectivity index (χ3n) is 2.35. The molecule has 0 unspecified atom stereocenters. The highest BCUT2D eigenvalue weighted by Gasteiger charge is 2.05. The van der Waals surface area contributed by atoms with Gasteiger partial charge in [-0.25, -0.2) is 9.37 Å². The van der Waals surface area contributed by atoms with Gasteiger partial charge in [0.05, 0.1) is 18.1 Å². The van der Waals surface area contributed by atoms with Gasteiger partial charge in [-0.3, -0.25) is 4.98 Å². The molecule has 0 atom stereocenters. The van der Waals surface area contributed by atoms with Crippen molar-refractivity contribution >= 4 is 17.4 Å². The summed E-state index contributed by atoms with van der Waals surface area (Å²) >= 11 is 5.82. The first-order valence-corrected chi connectivity index (χ1v) is 6.09. The second-order valence-corrected chi connectivity index (χ2v) is 4.31. The number of nitrogens with zero attached hydrogens (tertiary/aromatic N) is 2. The second kappa shape index (κ2) is 5.78. The Morgan fingerprint density at radius 2 is 2.11 bits per heavy atom. The van der Waals surface area contributed by atoms with Crippen LogP contribution in [0, 0.1) is 5.82 Å². The minimum atomic E-state index is -0.383. The molecule has 0 bridgehead atoms. The number of benzene rings is 1. The minimum absolute atomic E-state index is 0.346.